The molecular formula is C24H26N4O5S. The fourth-order valence-electron chi connectivity index (χ4n) is 4.20. The summed E-state index contributed by atoms with van der Waals surface area (Å²) in [6, 6.07) is 4.46. The van der Waals surface area contributed by atoms with Gasteiger partial charge in [0.1, 0.15) is 28.9 Å². The molecular weight excluding hydrogens is 456 g/mol. The number of carbonyl (C=O) groups excluding carboxylic acids is 2. The summed E-state index contributed by atoms with van der Waals surface area (Å²) in [6.07, 6.45) is 10.5. The standard InChI is InChI=1S/C24H26N4O5S/c1-32-16-7-6-15(20(10-16)33-2)12-25-22(31)18-11-19(30)17-13-26-23(34-3)27-21(17)28(18)24(14-29)8-4-5-9-24/h4-10,13,18,29H,11-12,14H2,1-3H3,(H,25,31). The second kappa shape index (κ2) is 9.86. The summed E-state index contributed by atoms with van der Waals surface area (Å²) in [4.78, 5) is 37.0. The topological polar surface area (TPSA) is 114 Å². The number of ketones is 1. The molecule has 1 atom stereocenters. The Balaban J connectivity index is 1.68. The lowest BCUT2D eigenvalue weighted by molar-refractivity contribution is -0.122. The van der Waals surface area contributed by atoms with Crippen LogP contribution in [0.25, 0.3) is 0 Å². The number of Topliss-reactive ketones (excluding diaryl/α,β-unsaturated/α-hetero) is 1. The smallest absolute Gasteiger partial charge is 0.243 e. The summed E-state index contributed by atoms with van der Waals surface area (Å²) in [5.74, 6) is 0.972. The Morgan fingerprint density at radius 3 is 2.71 bits per heavy atom. The van der Waals surface area contributed by atoms with Crippen LogP contribution in [0.1, 0.15) is 22.3 Å². The van der Waals surface area contributed by atoms with E-state index in [2.05, 4.69) is 15.3 Å². The second-order valence-electron chi connectivity index (χ2n) is 7.87. The zero-order valence-electron chi connectivity index (χ0n) is 19.1. The number of benzene rings is 1. The number of hydrogen-bond acceptors (Lipinski definition) is 9. The van der Waals surface area contributed by atoms with Gasteiger partial charge in [0, 0.05) is 30.8 Å². The molecule has 10 heteroatoms. The van der Waals surface area contributed by atoms with Crippen LogP contribution in [0.15, 0.2) is 53.9 Å². The van der Waals surface area contributed by atoms with Crippen molar-refractivity contribution in [3.63, 3.8) is 0 Å². The van der Waals surface area contributed by atoms with Crippen LogP contribution in [-0.2, 0) is 11.3 Å². The highest BCUT2D eigenvalue weighted by Gasteiger charge is 2.46. The molecule has 0 fully saturated rings. The van der Waals surface area contributed by atoms with Gasteiger partial charge in [-0.1, -0.05) is 36.1 Å². The molecule has 4 rings (SSSR count). The zero-order valence-corrected chi connectivity index (χ0v) is 20.0. The Morgan fingerprint density at radius 2 is 2.06 bits per heavy atom. The van der Waals surface area contributed by atoms with Gasteiger partial charge in [0.15, 0.2) is 10.9 Å². The van der Waals surface area contributed by atoms with Crippen molar-refractivity contribution in [3.8, 4) is 11.5 Å². The first kappa shape index (κ1) is 23.8. The molecule has 1 aliphatic heterocycles. The number of hydrogen-bond donors (Lipinski definition) is 2. The fourth-order valence-corrected chi connectivity index (χ4v) is 4.53. The quantitative estimate of drug-likeness (QED) is 0.431. The largest absolute Gasteiger partial charge is 0.497 e. The van der Waals surface area contributed by atoms with Crippen molar-refractivity contribution in [1.29, 1.82) is 0 Å². The molecule has 2 aromatic rings. The van der Waals surface area contributed by atoms with E-state index in [0.29, 0.717) is 28.0 Å². The number of aliphatic hydroxyl groups is 1. The average molecular weight is 483 g/mol. The number of nitrogens with one attached hydrogen (secondary N) is 1. The fraction of sp³-hybridized carbons (Fsp3) is 0.333. The number of allylic oxidation sites excluding steroid dienone is 2. The van der Waals surface area contributed by atoms with Gasteiger partial charge in [-0.25, -0.2) is 9.97 Å². The maximum Gasteiger partial charge on any atom is 0.243 e. The van der Waals surface area contributed by atoms with Gasteiger partial charge in [-0.05, 0) is 18.4 Å². The minimum atomic E-state index is -1.00. The summed E-state index contributed by atoms with van der Waals surface area (Å²) in [6.45, 7) is -0.0999. The number of amides is 1. The maximum absolute atomic E-state index is 13.5. The SMILES string of the molecule is COc1ccc(CNC(=O)C2CC(=O)c3cnc(SC)nc3N2C2(CO)C=CC=C2)c(OC)c1. The normalized spacial score (nSPS) is 18.1. The summed E-state index contributed by atoms with van der Waals surface area (Å²) in [5, 5.41) is 13.8. The summed E-state index contributed by atoms with van der Waals surface area (Å²) in [5.41, 5.74) is 0.0923. The molecule has 9 nitrogen and oxygen atoms in total. The van der Waals surface area contributed by atoms with Gasteiger partial charge in [0.05, 0.1) is 26.4 Å². The first-order chi connectivity index (χ1) is 16.5. The average Bonchev–Trinajstić information content (AvgIpc) is 3.36. The third-order valence-corrected chi connectivity index (χ3v) is 6.54. The van der Waals surface area contributed by atoms with Crippen molar-refractivity contribution < 1.29 is 24.2 Å². The molecule has 2 N–H and O–H groups in total. The number of aromatic nitrogens is 2. The number of aliphatic hydroxyl groups excluding tert-OH is 1. The Hall–Kier alpha value is -3.37. The van der Waals surface area contributed by atoms with Crippen molar-refractivity contribution in [2.45, 2.75) is 29.7 Å². The third kappa shape index (κ3) is 4.26. The van der Waals surface area contributed by atoms with E-state index < -0.39 is 11.6 Å². The van der Waals surface area contributed by atoms with Crippen LogP contribution in [0.4, 0.5) is 5.82 Å². The van der Waals surface area contributed by atoms with Gasteiger partial charge in [0.2, 0.25) is 5.91 Å². The number of anilines is 1. The van der Waals surface area contributed by atoms with Crippen molar-refractivity contribution in [2.75, 3.05) is 32.0 Å². The van der Waals surface area contributed by atoms with Crippen LogP contribution >= 0.6 is 11.8 Å². The highest BCUT2D eigenvalue weighted by Crippen LogP contribution is 2.38. The van der Waals surface area contributed by atoms with Gasteiger partial charge < -0.3 is 24.8 Å². The van der Waals surface area contributed by atoms with Crippen LogP contribution in [-0.4, -0.2) is 65.4 Å². The number of nitrogens with zero attached hydrogens (tertiary/aromatic N) is 3. The number of ether oxygens (including phenoxy) is 2. The predicted octanol–water partition coefficient (Wildman–Crippen LogP) is 2.15. The lowest BCUT2D eigenvalue weighted by Crippen LogP contribution is -2.61. The lowest BCUT2D eigenvalue weighted by Gasteiger charge is -2.45. The molecule has 2 aliphatic rings. The van der Waals surface area contributed by atoms with Crippen molar-refractivity contribution >= 4 is 29.3 Å². The third-order valence-electron chi connectivity index (χ3n) is 5.98. The first-order valence-electron chi connectivity index (χ1n) is 10.7. The molecule has 0 radical (unpaired) electrons. The molecule has 178 valence electrons. The van der Waals surface area contributed by atoms with E-state index in [1.807, 2.05) is 12.3 Å². The molecule has 1 aromatic carbocycles. The van der Waals surface area contributed by atoms with Gasteiger partial charge in [0.25, 0.3) is 0 Å². The summed E-state index contributed by atoms with van der Waals surface area (Å²) >= 11 is 1.33. The molecule has 1 unspecified atom stereocenters. The highest BCUT2D eigenvalue weighted by atomic mass is 32.2. The van der Waals surface area contributed by atoms with Crippen molar-refractivity contribution in [2.24, 2.45) is 0 Å². The van der Waals surface area contributed by atoms with Crippen LogP contribution in [0.3, 0.4) is 0 Å². The van der Waals surface area contributed by atoms with Gasteiger partial charge in [-0.15, -0.1) is 0 Å². The summed E-state index contributed by atoms with van der Waals surface area (Å²) < 4.78 is 10.7. The van der Waals surface area contributed by atoms with E-state index in [9.17, 15) is 14.7 Å². The van der Waals surface area contributed by atoms with E-state index in [1.165, 1.54) is 18.0 Å². The van der Waals surface area contributed by atoms with Gasteiger partial charge >= 0.3 is 0 Å². The van der Waals surface area contributed by atoms with Crippen LogP contribution < -0.4 is 19.7 Å². The molecule has 0 saturated heterocycles. The predicted molar refractivity (Wildman–Crippen MR) is 129 cm³/mol. The molecule has 1 aliphatic carbocycles. The van der Waals surface area contributed by atoms with E-state index in [4.69, 9.17) is 9.47 Å². The molecule has 2 heterocycles. The molecule has 0 bridgehead atoms. The molecule has 0 spiro atoms. The zero-order chi connectivity index (χ0) is 24.3. The minimum absolute atomic E-state index is 0.0655. The van der Waals surface area contributed by atoms with E-state index in [-0.39, 0.29) is 31.3 Å². The van der Waals surface area contributed by atoms with Gasteiger partial charge in [-0.3, -0.25) is 9.59 Å². The monoisotopic (exact) mass is 482 g/mol. The Kier molecular flexibility index (Phi) is 6.90. The number of carbonyl (C=O) groups is 2. The molecule has 1 aromatic heterocycles. The number of fused-ring (bicyclic) bond motifs is 1. The Bertz CT molecular complexity index is 1150. The highest BCUT2D eigenvalue weighted by molar-refractivity contribution is 7.98. The number of thioether (sulfide) groups is 1. The Morgan fingerprint density at radius 1 is 1.29 bits per heavy atom. The minimum Gasteiger partial charge on any atom is -0.497 e. The molecule has 0 saturated carbocycles. The lowest BCUT2D eigenvalue weighted by atomic mass is 9.89. The second-order valence-corrected chi connectivity index (χ2v) is 8.64. The number of rotatable bonds is 8. The van der Waals surface area contributed by atoms with E-state index in [0.717, 1.165) is 5.56 Å². The first-order valence-corrected chi connectivity index (χ1v) is 11.9. The van der Waals surface area contributed by atoms with Gasteiger partial charge in [-0.2, -0.15) is 0 Å². The molecule has 1 amide bonds. The van der Waals surface area contributed by atoms with E-state index in [1.54, 1.807) is 55.6 Å². The van der Waals surface area contributed by atoms with Crippen molar-refractivity contribution in [3.05, 3.63) is 59.8 Å². The van der Waals surface area contributed by atoms with E-state index >= 15 is 0 Å². The van der Waals surface area contributed by atoms with Crippen LogP contribution in [0.5, 0.6) is 11.5 Å². The van der Waals surface area contributed by atoms with Crippen LogP contribution in [0.2, 0.25) is 0 Å². The van der Waals surface area contributed by atoms with Crippen LogP contribution in [0, 0.1) is 0 Å². The maximum atomic E-state index is 13.5. The number of methoxy groups -OCH3 is 2. The Labute approximate surface area is 201 Å². The molecule has 34 heavy (non-hydrogen) atoms. The van der Waals surface area contributed by atoms with Crippen molar-refractivity contribution in [1.82, 2.24) is 15.3 Å². The summed E-state index contributed by atoms with van der Waals surface area (Å²) in [7, 11) is 3.11.